The molecule has 3 aliphatic rings. The summed E-state index contributed by atoms with van der Waals surface area (Å²) in [5.74, 6) is -0.564. The highest BCUT2D eigenvalue weighted by Gasteiger charge is 2.45. The van der Waals surface area contributed by atoms with Gasteiger partial charge in [-0.1, -0.05) is 13.8 Å². The Morgan fingerprint density at radius 3 is 2.26 bits per heavy atom. The summed E-state index contributed by atoms with van der Waals surface area (Å²) in [5.41, 5.74) is -2.58. The van der Waals surface area contributed by atoms with Gasteiger partial charge < -0.3 is 20.6 Å². The molecule has 5 rings (SSSR count). The first-order valence-electron chi connectivity index (χ1n) is 13.6. The molecule has 0 atom stereocenters. The Bertz CT molecular complexity index is 1190. The van der Waals surface area contributed by atoms with Crippen LogP contribution in [0.3, 0.4) is 0 Å². The molecule has 214 valence electrons. The number of hydrogen-bond donors (Lipinski definition) is 3. The second-order valence-electron chi connectivity index (χ2n) is 10.8. The van der Waals surface area contributed by atoms with Crippen molar-refractivity contribution in [1.82, 2.24) is 20.2 Å². The molecule has 0 aromatic carbocycles. The van der Waals surface area contributed by atoms with E-state index in [0.29, 0.717) is 12.5 Å². The molecule has 1 saturated carbocycles. The molecule has 2 aromatic rings. The highest BCUT2D eigenvalue weighted by atomic mass is 32.1. The SMILES string of the molecule is CC.CC(C)(O)CNC(=O)c1nc(C(=O)N2C3CCC2CC3)c(-c2cnc(NCC3CC3)cc2C(F)(F)F)s1. The number of pyridine rings is 1. The average Bonchev–Trinajstić information content (AvgIpc) is 3.30. The molecule has 3 N–H and O–H groups in total. The van der Waals surface area contributed by atoms with Crippen LogP contribution in [-0.4, -0.2) is 62.6 Å². The lowest BCUT2D eigenvalue weighted by atomic mass is 10.0. The van der Waals surface area contributed by atoms with E-state index in [1.54, 1.807) is 4.90 Å². The molecule has 0 spiro atoms. The van der Waals surface area contributed by atoms with E-state index in [-0.39, 0.29) is 45.6 Å². The van der Waals surface area contributed by atoms with Crippen LogP contribution >= 0.6 is 11.3 Å². The Kier molecular flexibility index (Phi) is 8.55. The fourth-order valence-electron chi connectivity index (χ4n) is 5.02. The summed E-state index contributed by atoms with van der Waals surface area (Å²) in [6, 6.07) is 1.03. The number of aliphatic hydroxyl groups is 1. The lowest BCUT2D eigenvalue weighted by Crippen LogP contribution is -2.38. The predicted molar refractivity (Wildman–Crippen MR) is 144 cm³/mol. The van der Waals surface area contributed by atoms with Crippen molar-refractivity contribution in [2.45, 2.75) is 90.1 Å². The van der Waals surface area contributed by atoms with Crippen molar-refractivity contribution in [3.8, 4) is 10.4 Å². The third-order valence-corrected chi connectivity index (χ3v) is 8.20. The number of alkyl halides is 3. The monoisotopic (exact) mass is 567 g/mol. The van der Waals surface area contributed by atoms with Gasteiger partial charge in [-0.05, 0) is 64.4 Å². The van der Waals surface area contributed by atoms with E-state index in [4.69, 9.17) is 0 Å². The molecule has 2 saturated heterocycles. The summed E-state index contributed by atoms with van der Waals surface area (Å²) < 4.78 is 42.7. The van der Waals surface area contributed by atoms with Crippen molar-refractivity contribution in [3.05, 3.63) is 28.5 Å². The van der Waals surface area contributed by atoms with Gasteiger partial charge in [-0.25, -0.2) is 9.97 Å². The van der Waals surface area contributed by atoms with Gasteiger partial charge in [0.25, 0.3) is 11.8 Å². The zero-order chi connectivity index (χ0) is 28.5. The van der Waals surface area contributed by atoms with Gasteiger partial charge in [0.2, 0.25) is 0 Å². The number of anilines is 1. The number of hydrogen-bond acceptors (Lipinski definition) is 7. The third kappa shape index (κ3) is 6.71. The van der Waals surface area contributed by atoms with Gasteiger partial charge in [-0.15, -0.1) is 11.3 Å². The average molecular weight is 568 g/mol. The fourth-order valence-corrected chi connectivity index (χ4v) is 6.02. The van der Waals surface area contributed by atoms with Gasteiger partial charge in [-0.3, -0.25) is 9.59 Å². The van der Waals surface area contributed by atoms with Crippen molar-refractivity contribution in [2.24, 2.45) is 5.92 Å². The molecule has 0 radical (unpaired) electrons. The van der Waals surface area contributed by atoms with Gasteiger partial charge in [-0.2, -0.15) is 13.2 Å². The minimum absolute atomic E-state index is 0.0294. The number of amides is 2. The normalized spacial score (nSPS) is 20.5. The first-order valence-corrected chi connectivity index (χ1v) is 14.4. The summed E-state index contributed by atoms with van der Waals surface area (Å²) in [5, 5.41) is 15.3. The first kappa shape index (κ1) is 29.3. The van der Waals surface area contributed by atoms with Crippen molar-refractivity contribution in [1.29, 1.82) is 0 Å². The number of fused-ring (bicyclic) bond motifs is 2. The second-order valence-corrected chi connectivity index (χ2v) is 11.8. The summed E-state index contributed by atoms with van der Waals surface area (Å²) in [6.07, 6.45) is 1.89. The van der Waals surface area contributed by atoms with E-state index in [1.807, 2.05) is 13.8 Å². The number of thiazole rings is 1. The molecular formula is C27H36F3N5O3S. The summed E-state index contributed by atoms with van der Waals surface area (Å²) >= 11 is 0.733. The van der Waals surface area contributed by atoms with Gasteiger partial charge in [0.15, 0.2) is 5.01 Å². The lowest BCUT2D eigenvalue weighted by Gasteiger charge is -2.22. The number of carbonyl (C=O) groups is 2. The van der Waals surface area contributed by atoms with Gasteiger partial charge in [0.05, 0.1) is 16.0 Å². The fraction of sp³-hybridized carbons (Fsp3) is 0.630. The topological polar surface area (TPSA) is 107 Å². The first-order chi connectivity index (χ1) is 18.4. The smallest absolute Gasteiger partial charge is 0.389 e. The van der Waals surface area contributed by atoms with Crippen LogP contribution in [-0.2, 0) is 6.18 Å². The molecule has 2 amide bonds. The van der Waals surface area contributed by atoms with E-state index >= 15 is 0 Å². The molecule has 12 heteroatoms. The van der Waals surface area contributed by atoms with Crippen molar-refractivity contribution in [3.63, 3.8) is 0 Å². The minimum Gasteiger partial charge on any atom is -0.389 e. The third-order valence-electron chi connectivity index (χ3n) is 7.12. The Hall–Kier alpha value is -2.73. The molecule has 39 heavy (non-hydrogen) atoms. The molecular weight excluding hydrogens is 531 g/mol. The summed E-state index contributed by atoms with van der Waals surface area (Å²) in [4.78, 5) is 36.6. The molecule has 1 aliphatic carbocycles. The molecule has 0 unspecified atom stereocenters. The number of carbonyl (C=O) groups excluding carboxylic acids is 2. The van der Waals surface area contributed by atoms with Crippen molar-refractivity contribution in [2.75, 3.05) is 18.4 Å². The van der Waals surface area contributed by atoms with Crippen LogP contribution in [0.15, 0.2) is 12.3 Å². The van der Waals surface area contributed by atoms with Crippen LogP contribution in [0.25, 0.3) is 10.4 Å². The van der Waals surface area contributed by atoms with Crippen LogP contribution in [0, 0.1) is 5.92 Å². The molecule has 2 aliphatic heterocycles. The van der Waals surface area contributed by atoms with Gasteiger partial charge in [0.1, 0.15) is 11.5 Å². The van der Waals surface area contributed by atoms with E-state index in [1.165, 1.54) is 13.8 Å². The van der Waals surface area contributed by atoms with Crippen LogP contribution in [0.5, 0.6) is 0 Å². The molecule has 8 nitrogen and oxygen atoms in total. The second kappa shape index (κ2) is 11.4. The molecule has 3 fully saturated rings. The summed E-state index contributed by atoms with van der Waals surface area (Å²) in [7, 11) is 0. The number of rotatable bonds is 8. The maximum absolute atomic E-state index is 14.2. The molecule has 2 aromatic heterocycles. The van der Waals surface area contributed by atoms with E-state index < -0.39 is 29.2 Å². The maximum Gasteiger partial charge on any atom is 0.417 e. The van der Waals surface area contributed by atoms with Crippen molar-refractivity contribution >= 4 is 29.0 Å². The minimum atomic E-state index is -4.71. The highest BCUT2D eigenvalue weighted by Crippen LogP contribution is 2.44. The lowest BCUT2D eigenvalue weighted by molar-refractivity contribution is -0.137. The standard InChI is InChI=1S/C25H30F3N5O3S.C2H6/c1-24(2,36)12-31-21(34)22-32-19(23(35)33-14-5-6-15(33)8-7-14)20(37-22)16-11-30-18(29-10-13-3-4-13)9-17(16)25(26,27)28;1-2/h9,11,13-15,36H,3-8,10,12H2,1-2H3,(H,29,30)(H,31,34);1-2H3. The number of halogens is 3. The zero-order valence-corrected chi connectivity index (χ0v) is 23.5. The van der Waals surface area contributed by atoms with Crippen LogP contribution in [0.4, 0.5) is 19.0 Å². The Labute approximate surface area is 230 Å². The highest BCUT2D eigenvalue weighted by molar-refractivity contribution is 7.17. The number of nitrogens with one attached hydrogen (secondary N) is 2. The van der Waals surface area contributed by atoms with Crippen LogP contribution in [0.1, 0.15) is 92.1 Å². The van der Waals surface area contributed by atoms with Gasteiger partial charge in [0, 0.05) is 36.9 Å². The summed E-state index contributed by atoms with van der Waals surface area (Å²) in [6.45, 7) is 7.49. The van der Waals surface area contributed by atoms with E-state index in [0.717, 1.165) is 62.1 Å². The maximum atomic E-state index is 14.2. The van der Waals surface area contributed by atoms with Crippen LogP contribution < -0.4 is 10.6 Å². The quantitative estimate of drug-likeness (QED) is 0.398. The number of aromatic nitrogens is 2. The predicted octanol–water partition coefficient (Wildman–Crippen LogP) is 5.34. The Morgan fingerprint density at radius 1 is 1.10 bits per heavy atom. The Balaban J connectivity index is 0.00000172. The van der Waals surface area contributed by atoms with Crippen molar-refractivity contribution < 1.29 is 27.9 Å². The largest absolute Gasteiger partial charge is 0.417 e. The van der Waals surface area contributed by atoms with E-state index in [2.05, 4.69) is 20.6 Å². The Morgan fingerprint density at radius 2 is 1.72 bits per heavy atom. The number of nitrogens with zero attached hydrogens (tertiary/aromatic N) is 3. The van der Waals surface area contributed by atoms with E-state index in [9.17, 15) is 27.9 Å². The molecule has 4 heterocycles. The molecule has 2 bridgehead atoms. The zero-order valence-electron chi connectivity index (χ0n) is 22.7. The van der Waals surface area contributed by atoms with Gasteiger partial charge >= 0.3 is 6.18 Å². The van der Waals surface area contributed by atoms with Crippen LogP contribution in [0.2, 0.25) is 0 Å².